The highest BCUT2D eigenvalue weighted by molar-refractivity contribution is 9.10. The summed E-state index contributed by atoms with van der Waals surface area (Å²) in [5.41, 5.74) is 2.06. The molecule has 0 saturated heterocycles. The fraction of sp³-hybridized carbons (Fsp3) is 0.111. The van der Waals surface area contributed by atoms with Crippen LogP contribution in [0.15, 0.2) is 40.9 Å². The van der Waals surface area contributed by atoms with Gasteiger partial charge in [-0.25, -0.2) is 9.37 Å². The molecule has 2 aromatic carbocycles. The molecule has 0 aliphatic heterocycles. The molecule has 0 fully saturated rings. The van der Waals surface area contributed by atoms with Gasteiger partial charge in [0.25, 0.3) is 0 Å². The number of hydrogen-bond acceptors (Lipinski definition) is 4. The summed E-state index contributed by atoms with van der Waals surface area (Å²) in [7, 11) is 2.95. The molecule has 1 aromatic heterocycles. The number of hydrogen-bond donors (Lipinski definition) is 0. The molecule has 24 heavy (non-hydrogen) atoms. The number of aromatic nitrogens is 1. The van der Waals surface area contributed by atoms with E-state index < -0.39 is 5.82 Å². The number of ether oxygens (including phenoxy) is 2. The molecule has 0 spiro atoms. The maximum Gasteiger partial charge on any atom is 0.165 e. The lowest BCUT2D eigenvalue weighted by atomic mass is 10.1. The number of nitrogens with zero attached hydrogens (tertiary/aromatic N) is 2. The molecular formula is C18H12BrFN2O2. The molecule has 0 unspecified atom stereocenters. The highest BCUT2D eigenvalue weighted by Gasteiger charge is 2.13. The second-order valence-corrected chi connectivity index (χ2v) is 5.88. The van der Waals surface area contributed by atoms with Crippen molar-refractivity contribution in [3.63, 3.8) is 0 Å². The fourth-order valence-corrected chi connectivity index (χ4v) is 2.96. The van der Waals surface area contributed by atoms with Gasteiger partial charge in [0.1, 0.15) is 11.8 Å². The molecule has 0 atom stereocenters. The highest BCUT2D eigenvalue weighted by atomic mass is 79.9. The third-order valence-electron chi connectivity index (χ3n) is 3.64. The van der Waals surface area contributed by atoms with Crippen molar-refractivity contribution in [1.82, 2.24) is 4.98 Å². The summed E-state index contributed by atoms with van der Waals surface area (Å²) in [4.78, 5) is 4.53. The van der Waals surface area contributed by atoms with Gasteiger partial charge >= 0.3 is 0 Å². The molecule has 4 nitrogen and oxygen atoms in total. The maximum absolute atomic E-state index is 14.0. The SMILES string of the molecule is COc1cc(C#N)c2nc(-c3ccc(OC)c(F)c3)cc(Br)c2c1. The summed E-state index contributed by atoms with van der Waals surface area (Å²) in [5, 5.41) is 10.1. The van der Waals surface area contributed by atoms with E-state index in [0.717, 1.165) is 9.86 Å². The lowest BCUT2D eigenvalue weighted by Gasteiger charge is -2.10. The average Bonchev–Trinajstić information content (AvgIpc) is 2.60. The van der Waals surface area contributed by atoms with E-state index in [1.54, 1.807) is 30.3 Å². The third-order valence-corrected chi connectivity index (χ3v) is 4.30. The monoisotopic (exact) mass is 386 g/mol. The van der Waals surface area contributed by atoms with Gasteiger partial charge in [-0.2, -0.15) is 5.26 Å². The zero-order chi connectivity index (χ0) is 17.3. The normalized spacial score (nSPS) is 10.5. The van der Waals surface area contributed by atoms with Crippen molar-refractivity contribution in [2.24, 2.45) is 0 Å². The number of pyridine rings is 1. The Hall–Kier alpha value is -2.65. The van der Waals surface area contributed by atoms with Crippen LogP contribution in [-0.2, 0) is 0 Å². The van der Waals surface area contributed by atoms with E-state index in [4.69, 9.17) is 9.47 Å². The first-order chi connectivity index (χ1) is 11.6. The predicted molar refractivity (Wildman–Crippen MR) is 92.7 cm³/mol. The number of nitriles is 1. The number of methoxy groups -OCH3 is 2. The van der Waals surface area contributed by atoms with Crippen molar-refractivity contribution in [1.29, 1.82) is 5.26 Å². The summed E-state index contributed by atoms with van der Waals surface area (Å²) < 4.78 is 24.8. The average molecular weight is 387 g/mol. The second-order valence-electron chi connectivity index (χ2n) is 5.02. The van der Waals surface area contributed by atoms with Gasteiger partial charge in [-0.05, 0) is 30.3 Å². The Morgan fingerprint density at radius 2 is 1.92 bits per heavy atom. The van der Waals surface area contributed by atoms with E-state index >= 15 is 0 Å². The van der Waals surface area contributed by atoms with E-state index in [-0.39, 0.29) is 5.75 Å². The highest BCUT2D eigenvalue weighted by Crippen LogP contribution is 2.33. The number of halogens is 2. The molecule has 0 saturated carbocycles. The first kappa shape index (κ1) is 16.2. The van der Waals surface area contributed by atoms with E-state index in [2.05, 4.69) is 27.0 Å². The van der Waals surface area contributed by atoms with Crippen LogP contribution in [0.1, 0.15) is 5.56 Å². The van der Waals surface area contributed by atoms with Gasteiger partial charge in [-0.3, -0.25) is 0 Å². The smallest absolute Gasteiger partial charge is 0.165 e. The van der Waals surface area contributed by atoms with Crippen LogP contribution in [0.25, 0.3) is 22.2 Å². The van der Waals surface area contributed by atoms with E-state index in [1.807, 2.05) is 0 Å². The Morgan fingerprint density at radius 3 is 2.54 bits per heavy atom. The van der Waals surface area contributed by atoms with Gasteiger partial charge in [-0.15, -0.1) is 0 Å². The van der Waals surface area contributed by atoms with Crippen LogP contribution in [0.5, 0.6) is 11.5 Å². The Morgan fingerprint density at radius 1 is 1.12 bits per heavy atom. The van der Waals surface area contributed by atoms with Gasteiger partial charge in [0, 0.05) is 21.5 Å². The fourth-order valence-electron chi connectivity index (χ4n) is 2.44. The molecule has 3 aromatic rings. The minimum absolute atomic E-state index is 0.168. The van der Waals surface area contributed by atoms with Gasteiger partial charge in [0.2, 0.25) is 0 Å². The Balaban J connectivity index is 2.24. The Bertz CT molecular complexity index is 983. The molecule has 0 aliphatic rings. The standard InChI is InChI=1S/C18H12BrFN2O2/c1-23-12-5-11(9-21)18-13(7-12)14(19)8-16(22-18)10-3-4-17(24-2)15(20)6-10/h3-8H,1-2H3. The number of rotatable bonds is 3. The molecule has 0 N–H and O–H groups in total. The topological polar surface area (TPSA) is 55.1 Å². The van der Waals surface area contributed by atoms with Crippen LogP contribution in [0, 0.1) is 17.1 Å². The van der Waals surface area contributed by atoms with Crippen molar-refractivity contribution in [2.75, 3.05) is 14.2 Å². The van der Waals surface area contributed by atoms with Crippen LogP contribution >= 0.6 is 15.9 Å². The van der Waals surface area contributed by atoms with Crippen LogP contribution < -0.4 is 9.47 Å². The summed E-state index contributed by atoms with van der Waals surface area (Å²) in [5.74, 6) is 0.272. The van der Waals surface area contributed by atoms with Crippen molar-refractivity contribution in [2.45, 2.75) is 0 Å². The van der Waals surface area contributed by atoms with Crippen LogP contribution in [0.2, 0.25) is 0 Å². The Kier molecular flexibility index (Phi) is 4.36. The zero-order valence-corrected chi connectivity index (χ0v) is 14.5. The maximum atomic E-state index is 14.0. The van der Waals surface area contributed by atoms with E-state index in [1.165, 1.54) is 20.3 Å². The largest absolute Gasteiger partial charge is 0.497 e. The van der Waals surface area contributed by atoms with Crippen LogP contribution in [0.3, 0.4) is 0 Å². The molecule has 6 heteroatoms. The minimum Gasteiger partial charge on any atom is -0.497 e. The molecule has 0 bridgehead atoms. The first-order valence-corrected chi connectivity index (χ1v) is 7.79. The van der Waals surface area contributed by atoms with Crippen molar-refractivity contribution < 1.29 is 13.9 Å². The molecule has 0 aliphatic carbocycles. The summed E-state index contributed by atoms with van der Waals surface area (Å²) in [6, 6.07) is 11.9. The van der Waals surface area contributed by atoms with Gasteiger partial charge in [-0.1, -0.05) is 15.9 Å². The van der Waals surface area contributed by atoms with Crippen LogP contribution in [-0.4, -0.2) is 19.2 Å². The Labute approximate surface area is 146 Å². The summed E-state index contributed by atoms with van der Waals surface area (Å²) in [6.45, 7) is 0. The van der Waals surface area contributed by atoms with Crippen molar-refractivity contribution in [3.05, 3.63) is 52.3 Å². The predicted octanol–water partition coefficient (Wildman–Crippen LogP) is 4.69. The zero-order valence-electron chi connectivity index (χ0n) is 12.9. The van der Waals surface area contributed by atoms with Gasteiger partial charge in [0.05, 0.1) is 31.0 Å². The molecule has 1 heterocycles. The van der Waals surface area contributed by atoms with E-state index in [9.17, 15) is 9.65 Å². The minimum atomic E-state index is -0.469. The molecule has 120 valence electrons. The van der Waals surface area contributed by atoms with E-state index in [0.29, 0.717) is 28.1 Å². The number of benzene rings is 2. The van der Waals surface area contributed by atoms with Crippen LogP contribution in [0.4, 0.5) is 4.39 Å². The lowest BCUT2D eigenvalue weighted by Crippen LogP contribution is -1.94. The molecule has 0 radical (unpaired) electrons. The lowest BCUT2D eigenvalue weighted by molar-refractivity contribution is 0.386. The van der Waals surface area contributed by atoms with Gasteiger partial charge < -0.3 is 9.47 Å². The van der Waals surface area contributed by atoms with Crippen molar-refractivity contribution >= 4 is 26.8 Å². The van der Waals surface area contributed by atoms with Crippen molar-refractivity contribution in [3.8, 4) is 28.8 Å². The molecular weight excluding hydrogens is 375 g/mol. The second kappa shape index (κ2) is 6.46. The summed E-state index contributed by atoms with van der Waals surface area (Å²) in [6.07, 6.45) is 0. The third kappa shape index (κ3) is 2.79. The van der Waals surface area contributed by atoms with Gasteiger partial charge in [0.15, 0.2) is 11.6 Å². The molecule has 0 amide bonds. The first-order valence-electron chi connectivity index (χ1n) is 6.99. The quantitative estimate of drug-likeness (QED) is 0.654. The summed E-state index contributed by atoms with van der Waals surface area (Å²) >= 11 is 3.49. The molecule has 3 rings (SSSR count). The number of fused-ring (bicyclic) bond motifs is 1.